The molecule has 0 aromatic carbocycles. The molecule has 2 heterocycles. The summed E-state index contributed by atoms with van der Waals surface area (Å²) >= 11 is 0. The molecular weight excluding hydrogens is 438 g/mol. The molecule has 0 bridgehead atoms. The molecule has 8 heteroatoms. The van der Waals surface area contributed by atoms with E-state index in [1.54, 1.807) is 27.9 Å². The summed E-state index contributed by atoms with van der Waals surface area (Å²) in [5.74, 6) is -1.53. The SMILES string of the molecule is CO[C@](C)(C[C@@H](C)C=O)[C@H](O[C@@H]1O[C@H](C)CC(N(C)C)[C@H]1C)[C@@H](C)C1=C(C)C(=O)OC(C)(C)O1. The molecule has 0 aliphatic carbocycles. The van der Waals surface area contributed by atoms with Crippen LogP contribution in [-0.4, -0.2) is 74.3 Å². The highest BCUT2D eigenvalue weighted by molar-refractivity contribution is 5.89. The van der Waals surface area contributed by atoms with E-state index < -0.39 is 29.8 Å². The number of nitrogens with zero attached hydrogens (tertiary/aromatic N) is 1. The fraction of sp³-hybridized carbons (Fsp3) is 0.846. The fourth-order valence-corrected chi connectivity index (χ4v) is 5.25. The van der Waals surface area contributed by atoms with Gasteiger partial charge in [-0.3, -0.25) is 0 Å². The van der Waals surface area contributed by atoms with E-state index in [0.29, 0.717) is 17.8 Å². The summed E-state index contributed by atoms with van der Waals surface area (Å²) in [6.07, 6.45) is 1.24. The largest absolute Gasteiger partial charge is 0.456 e. The van der Waals surface area contributed by atoms with E-state index in [1.807, 2.05) is 20.8 Å². The van der Waals surface area contributed by atoms with Crippen molar-refractivity contribution in [3.8, 4) is 0 Å². The minimum Gasteiger partial charge on any atom is -0.456 e. The first-order valence-corrected chi connectivity index (χ1v) is 12.3. The molecule has 1 unspecified atom stereocenters. The summed E-state index contributed by atoms with van der Waals surface area (Å²) in [5.41, 5.74) is -0.446. The molecule has 2 aliphatic rings. The van der Waals surface area contributed by atoms with Gasteiger partial charge in [0.25, 0.3) is 0 Å². The predicted molar refractivity (Wildman–Crippen MR) is 129 cm³/mol. The lowest BCUT2D eigenvalue weighted by molar-refractivity contribution is -0.284. The smallest absolute Gasteiger partial charge is 0.340 e. The van der Waals surface area contributed by atoms with Crippen LogP contribution in [0.5, 0.6) is 0 Å². The van der Waals surface area contributed by atoms with Crippen molar-refractivity contribution >= 4 is 12.3 Å². The van der Waals surface area contributed by atoms with Gasteiger partial charge in [0.2, 0.25) is 5.79 Å². The fourth-order valence-electron chi connectivity index (χ4n) is 5.25. The number of carbonyl (C=O) groups excluding carboxylic acids is 2. The Kier molecular flexibility index (Phi) is 9.35. The van der Waals surface area contributed by atoms with Crippen molar-refractivity contribution < 1.29 is 33.3 Å². The summed E-state index contributed by atoms with van der Waals surface area (Å²) in [6, 6.07) is 0.285. The Morgan fingerprint density at radius 3 is 2.38 bits per heavy atom. The number of hydrogen-bond acceptors (Lipinski definition) is 8. The Morgan fingerprint density at radius 1 is 1.24 bits per heavy atom. The number of esters is 1. The van der Waals surface area contributed by atoms with Gasteiger partial charge < -0.3 is 33.4 Å². The van der Waals surface area contributed by atoms with Gasteiger partial charge in [-0.1, -0.05) is 20.8 Å². The normalized spacial score (nSPS) is 31.8. The van der Waals surface area contributed by atoms with Crippen LogP contribution in [0.1, 0.15) is 68.2 Å². The van der Waals surface area contributed by atoms with Gasteiger partial charge in [0.15, 0.2) is 6.29 Å². The molecule has 8 nitrogen and oxygen atoms in total. The topological polar surface area (TPSA) is 83.5 Å². The lowest BCUT2D eigenvalue weighted by Gasteiger charge is -2.48. The molecule has 0 spiro atoms. The van der Waals surface area contributed by atoms with Gasteiger partial charge in [-0.2, -0.15) is 0 Å². The first kappa shape index (κ1) is 28.8. The van der Waals surface area contributed by atoms with Crippen LogP contribution in [0.3, 0.4) is 0 Å². The molecule has 196 valence electrons. The van der Waals surface area contributed by atoms with Crippen molar-refractivity contribution in [1.29, 1.82) is 0 Å². The first-order valence-electron chi connectivity index (χ1n) is 12.3. The summed E-state index contributed by atoms with van der Waals surface area (Å²) < 4.78 is 30.6. The van der Waals surface area contributed by atoms with Crippen LogP contribution in [0.4, 0.5) is 0 Å². The molecule has 0 aromatic rings. The van der Waals surface area contributed by atoms with Gasteiger partial charge in [0.05, 0.1) is 23.4 Å². The standard InChI is InChI=1S/C26H45NO7/c1-15(14-28)13-26(8,30-11)22(18(4)21-19(5)23(29)34-25(6,7)33-21)32-24-17(3)20(27(9)10)12-16(2)31-24/h14-18,20,22,24H,12-13H2,1-11H3/t15-,16-,17-,18+,20?,22-,24+,26-/m1/s1. The third-order valence-corrected chi connectivity index (χ3v) is 7.19. The third kappa shape index (κ3) is 6.39. The maximum absolute atomic E-state index is 12.6. The number of carbonyl (C=O) groups is 2. The zero-order valence-corrected chi connectivity index (χ0v) is 22.8. The van der Waals surface area contributed by atoms with Gasteiger partial charge in [-0.05, 0) is 47.7 Å². The van der Waals surface area contributed by atoms with Crippen molar-refractivity contribution in [2.45, 2.75) is 104 Å². The van der Waals surface area contributed by atoms with Crippen LogP contribution in [0.25, 0.3) is 0 Å². The lowest BCUT2D eigenvalue weighted by atomic mass is 9.80. The number of hydrogen-bond donors (Lipinski definition) is 0. The van der Waals surface area contributed by atoms with E-state index in [-0.39, 0.29) is 29.9 Å². The van der Waals surface area contributed by atoms with Crippen LogP contribution in [0, 0.1) is 17.8 Å². The molecular formula is C26H45NO7. The average molecular weight is 484 g/mol. The average Bonchev–Trinajstić information content (AvgIpc) is 2.75. The van der Waals surface area contributed by atoms with Crippen molar-refractivity contribution in [3.05, 3.63) is 11.3 Å². The molecule has 1 saturated heterocycles. The minimum atomic E-state index is -1.09. The van der Waals surface area contributed by atoms with Gasteiger partial charge in [-0.25, -0.2) is 4.79 Å². The van der Waals surface area contributed by atoms with Crippen LogP contribution >= 0.6 is 0 Å². The number of rotatable bonds is 10. The molecule has 0 amide bonds. The Bertz CT molecular complexity index is 764. The van der Waals surface area contributed by atoms with Crippen LogP contribution < -0.4 is 0 Å². The Balaban J connectivity index is 2.50. The first-order chi connectivity index (χ1) is 15.7. The zero-order valence-electron chi connectivity index (χ0n) is 22.8. The van der Waals surface area contributed by atoms with Crippen molar-refractivity contribution in [3.63, 3.8) is 0 Å². The Labute approximate surface area is 205 Å². The second-order valence-electron chi connectivity index (χ2n) is 11.0. The Hall–Kier alpha value is -1.48. The molecule has 34 heavy (non-hydrogen) atoms. The molecule has 2 aliphatic heterocycles. The number of ether oxygens (including phenoxy) is 5. The van der Waals surface area contributed by atoms with Gasteiger partial charge in [-0.15, -0.1) is 0 Å². The van der Waals surface area contributed by atoms with E-state index >= 15 is 0 Å². The molecule has 1 fully saturated rings. The molecule has 0 radical (unpaired) electrons. The molecule has 8 atom stereocenters. The van der Waals surface area contributed by atoms with Crippen LogP contribution in [-0.2, 0) is 33.3 Å². The van der Waals surface area contributed by atoms with Crippen LogP contribution in [0.2, 0.25) is 0 Å². The van der Waals surface area contributed by atoms with Crippen molar-refractivity contribution in [1.82, 2.24) is 4.90 Å². The maximum atomic E-state index is 12.6. The summed E-state index contributed by atoms with van der Waals surface area (Å²) in [4.78, 5) is 26.3. The quantitative estimate of drug-likeness (QED) is 0.342. The van der Waals surface area contributed by atoms with E-state index in [4.69, 9.17) is 23.7 Å². The van der Waals surface area contributed by atoms with E-state index in [0.717, 1.165) is 12.7 Å². The van der Waals surface area contributed by atoms with E-state index in [9.17, 15) is 9.59 Å². The van der Waals surface area contributed by atoms with Crippen molar-refractivity contribution in [2.75, 3.05) is 21.2 Å². The van der Waals surface area contributed by atoms with Crippen LogP contribution in [0.15, 0.2) is 11.3 Å². The number of cyclic esters (lactones) is 1. The minimum absolute atomic E-state index is 0.0213. The van der Waals surface area contributed by atoms with Gasteiger partial charge in [0, 0.05) is 44.8 Å². The maximum Gasteiger partial charge on any atom is 0.340 e. The summed E-state index contributed by atoms with van der Waals surface area (Å²) in [6.45, 7) is 15.1. The van der Waals surface area contributed by atoms with Crippen molar-refractivity contribution in [2.24, 2.45) is 17.8 Å². The predicted octanol–water partition coefficient (Wildman–Crippen LogP) is 3.92. The second kappa shape index (κ2) is 11.1. The highest BCUT2D eigenvalue weighted by Crippen LogP contribution is 2.41. The molecule has 0 aromatic heterocycles. The number of aldehydes is 1. The lowest BCUT2D eigenvalue weighted by Crippen LogP contribution is -2.56. The molecule has 2 rings (SSSR count). The molecule has 0 N–H and O–H groups in total. The number of methoxy groups -OCH3 is 1. The summed E-state index contributed by atoms with van der Waals surface area (Å²) in [7, 11) is 5.76. The Morgan fingerprint density at radius 2 is 1.85 bits per heavy atom. The molecule has 0 saturated carbocycles. The van der Waals surface area contributed by atoms with Gasteiger partial charge >= 0.3 is 5.97 Å². The van der Waals surface area contributed by atoms with E-state index in [2.05, 4.69) is 32.8 Å². The highest BCUT2D eigenvalue weighted by atomic mass is 16.7. The van der Waals surface area contributed by atoms with Gasteiger partial charge in [0.1, 0.15) is 12.0 Å². The monoisotopic (exact) mass is 483 g/mol. The summed E-state index contributed by atoms with van der Waals surface area (Å²) in [5, 5.41) is 0. The highest BCUT2D eigenvalue weighted by Gasteiger charge is 2.48. The third-order valence-electron chi connectivity index (χ3n) is 7.19. The van der Waals surface area contributed by atoms with E-state index in [1.165, 1.54) is 0 Å². The zero-order chi connectivity index (χ0) is 26.0. The second-order valence-corrected chi connectivity index (χ2v) is 11.0.